The van der Waals surface area contributed by atoms with Crippen LogP contribution in [0.2, 0.25) is 0 Å². The van der Waals surface area contributed by atoms with E-state index in [1.807, 2.05) is 26.0 Å². The molecule has 0 aliphatic carbocycles. The number of nitrogen functional groups attached to an aromatic ring is 1. The Kier molecular flexibility index (Phi) is 7.47. The molecule has 1 rings (SSSR count). The molecule has 0 saturated carbocycles. The fourth-order valence-corrected chi connectivity index (χ4v) is 2.68. The van der Waals surface area contributed by atoms with Crippen molar-refractivity contribution in [2.75, 3.05) is 29.2 Å². The van der Waals surface area contributed by atoms with Crippen LogP contribution < -0.4 is 11.1 Å². The van der Waals surface area contributed by atoms with Crippen LogP contribution in [0, 0.1) is 12.8 Å². The molecule has 0 spiro atoms. The first-order valence-electron chi connectivity index (χ1n) is 6.87. The van der Waals surface area contributed by atoms with Crippen molar-refractivity contribution in [3.8, 4) is 0 Å². The molecule has 1 amide bonds. The lowest BCUT2D eigenvalue weighted by molar-refractivity contribution is -0.116. The molecule has 0 aromatic heterocycles. The zero-order valence-corrected chi connectivity index (χ0v) is 13.0. The van der Waals surface area contributed by atoms with Gasteiger partial charge in [-0.2, -0.15) is 11.8 Å². The second-order valence-electron chi connectivity index (χ2n) is 5.09. The molecule has 4 nitrogen and oxygen atoms in total. The number of carbonyl (C=O) groups excluding carboxylic acids is 1. The van der Waals surface area contributed by atoms with Crippen LogP contribution in [0.15, 0.2) is 18.2 Å². The highest BCUT2D eigenvalue weighted by Gasteiger charge is 2.06. The first kappa shape index (κ1) is 16.9. The minimum absolute atomic E-state index is 0.0227. The van der Waals surface area contributed by atoms with Crippen molar-refractivity contribution < 1.29 is 9.90 Å². The zero-order valence-electron chi connectivity index (χ0n) is 12.2. The molecule has 1 atom stereocenters. The van der Waals surface area contributed by atoms with Crippen LogP contribution in [0.4, 0.5) is 11.4 Å². The van der Waals surface area contributed by atoms with Crippen molar-refractivity contribution in [1.82, 2.24) is 0 Å². The number of hydrogen-bond acceptors (Lipinski definition) is 4. The summed E-state index contributed by atoms with van der Waals surface area (Å²) in [4.78, 5) is 11.8. The Morgan fingerprint density at radius 3 is 2.95 bits per heavy atom. The molecule has 0 saturated heterocycles. The molecule has 0 aliphatic heterocycles. The van der Waals surface area contributed by atoms with E-state index in [0.717, 1.165) is 29.2 Å². The van der Waals surface area contributed by atoms with E-state index in [0.29, 0.717) is 18.0 Å². The maximum atomic E-state index is 11.8. The quantitative estimate of drug-likeness (QED) is 0.509. The number of thioether (sulfide) groups is 1. The summed E-state index contributed by atoms with van der Waals surface area (Å²) in [6.45, 7) is 4.19. The number of hydrogen-bond donors (Lipinski definition) is 3. The minimum atomic E-state index is 0.0227. The second-order valence-corrected chi connectivity index (χ2v) is 6.24. The lowest BCUT2D eigenvalue weighted by atomic mass is 10.1. The molecular formula is C15H24N2O2S. The number of rotatable bonds is 8. The molecule has 4 N–H and O–H groups in total. The average Bonchev–Trinajstić information content (AvgIpc) is 2.42. The topological polar surface area (TPSA) is 75.3 Å². The van der Waals surface area contributed by atoms with E-state index in [-0.39, 0.29) is 12.5 Å². The van der Waals surface area contributed by atoms with Crippen LogP contribution in [0.1, 0.15) is 25.3 Å². The molecule has 0 heterocycles. The first-order valence-corrected chi connectivity index (χ1v) is 8.03. The monoisotopic (exact) mass is 296 g/mol. The Morgan fingerprint density at radius 1 is 1.50 bits per heavy atom. The predicted molar refractivity (Wildman–Crippen MR) is 87.0 cm³/mol. The number of carbonyl (C=O) groups is 1. The van der Waals surface area contributed by atoms with Gasteiger partial charge < -0.3 is 16.2 Å². The number of anilines is 2. The summed E-state index contributed by atoms with van der Waals surface area (Å²) in [5.74, 6) is 2.22. The van der Waals surface area contributed by atoms with E-state index in [2.05, 4.69) is 5.32 Å². The van der Waals surface area contributed by atoms with Crippen LogP contribution in [0.3, 0.4) is 0 Å². The van der Waals surface area contributed by atoms with Crippen LogP contribution in [0.5, 0.6) is 0 Å². The van der Waals surface area contributed by atoms with Crippen LogP contribution >= 0.6 is 11.8 Å². The molecule has 1 unspecified atom stereocenters. The van der Waals surface area contributed by atoms with Crippen LogP contribution in [-0.2, 0) is 4.79 Å². The molecule has 0 fully saturated rings. The average molecular weight is 296 g/mol. The third-order valence-corrected chi connectivity index (χ3v) is 4.32. The van der Waals surface area contributed by atoms with Gasteiger partial charge in [-0.25, -0.2) is 0 Å². The number of amides is 1. The van der Waals surface area contributed by atoms with E-state index < -0.39 is 0 Å². The Morgan fingerprint density at radius 2 is 2.25 bits per heavy atom. The van der Waals surface area contributed by atoms with Gasteiger partial charge in [0.25, 0.3) is 0 Å². The van der Waals surface area contributed by atoms with Crippen molar-refractivity contribution >= 4 is 29.0 Å². The SMILES string of the molecule is Cc1ccc(N)cc1NC(=O)CCCSCC(C)CO. The summed E-state index contributed by atoms with van der Waals surface area (Å²) in [6.07, 6.45) is 1.35. The Balaban J connectivity index is 2.25. The highest BCUT2D eigenvalue weighted by atomic mass is 32.2. The van der Waals surface area contributed by atoms with Crippen LogP contribution in [-0.4, -0.2) is 29.1 Å². The molecular weight excluding hydrogens is 272 g/mol. The maximum Gasteiger partial charge on any atom is 0.224 e. The highest BCUT2D eigenvalue weighted by molar-refractivity contribution is 7.99. The van der Waals surface area contributed by atoms with Gasteiger partial charge in [0.1, 0.15) is 0 Å². The van der Waals surface area contributed by atoms with Gasteiger partial charge in [0, 0.05) is 24.4 Å². The summed E-state index contributed by atoms with van der Waals surface area (Å²) >= 11 is 1.78. The van der Waals surface area contributed by atoms with E-state index in [1.165, 1.54) is 0 Å². The Labute approximate surface area is 125 Å². The molecule has 20 heavy (non-hydrogen) atoms. The van der Waals surface area contributed by atoms with Gasteiger partial charge in [0.2, 0.25) is 5.91 Å². The third kappa shape index (κ3) is 6.30. The van der Waals surface area contributed by atoms with Crippen molar-refractivity contribution in [1.29, 1.82) is 0 Å². The van der Waals surface area contributed by atoms with E-state index in [4.69, 9.17) is 10.8 Å². The van der Waals surface area contributed by atoms with Crippen LogP contribution in [0.25, 0.3) is 0 Å². The smallest absolute Gasteiger partial charge is 0.224 e. The Hall–Kier alpha value is -1.20. The van der Waals surface area contributed by atoms with E-state index in [1.54, 1.807) is 17.8 Å². The van der Waals surface area contributed by atoms with Gasteiger partial charge in [0.15, 0.2) is 0 Å². The number of nitrogens with two attached hydrogens (primary N) is 1. The standard InChI is InChI=1S/C15H24N2O2S/c1-11(9-18)10-20-7-3-4-15(19)17-14-8-13(16)6-5-12(14)2/h5-6,8,11,18H,3-4,7,9-10,16H2,1-2H3,(H,17,19). The zero-order chi connectivity index (χ0) is 15.0. The minimum Gasteiger partial charge on any atom is -0.399 e. The van der Waals surface area contributed by atoms with E-state index in [9.17, 15) is 4.79 Å². The summed E-state index contributed by atoms with van der Waals surface area (Å²) in [6, 6.07) is 5.51. The highest BCUT2D eigenvalue weighted by Crippen LogP contribution is 2.18. The molecule has 1 aromatic carbocycles. The number of aliphatic hydroxyl groups excluding tert-OH is 1. The summed E-state index contributed by atoms with van der Waals surface area (Å²) in [5.41, 5.74) is 8.16. The summed E-state index contributed by atoms with van der Waals surface area (Å²) < 4.78 is 0. The first-order chi connectivity index (χ1) is 9.52. The lowest BCUT2D eigenvalue weighted by Crippen LogP contribution is -2.13. The molecule has 0 bridgehead atoms. The summed E-state index contributed by atoms with van der Waals surface area (Å²) in [5, 5.41) is 11.8. The van der Waals surface area contributed by atoms with Gasteiger partial charge in [-0.15, -0.1) is 0 Å². The number of benzene rings is 1. The summed E-state index contributed by atoms with van der Waals surface area (Å²) in [7, 11) is 0. The number of aryl methyl sites for hydroxylation is 1. The maximum absolute atomic E-state index is 11.8. The van der Waals surface area contributed by atoms with Crippen molar-refractivity contribution in [2.45, 2.75) is 26.7 Å². The van der Waals surface area contributed by atoms with Gasteiger partial charge in [-0.1, -0.05) is 13.0 Å². The fourth-order valence-electron chi connectivity index (χ4n) is 1.66. The molecule has 1 aromatic rings. The molecule has 5 heteroatoms. The lowest BCUT2D eigenvalue weighted by Gasteiger charge is -2.10. The van der Waals surface area contributed by atoms with E-state index >= 15 is 0 Å². The molecule has 0 radical (unpaired) electrons. The number of nitrogens with one attached hydrogen (secondary N) is 1. The van der Waals surface area contributed by atoms with Crippen molar-refractivity contribution in [3.63, 3.8) is 0 Å². The van der Waals surface area contributed by atoms with Gasteiger partial charge in [-0.3, -0.25) is 4.79 Å². The molecule has 0 aliphatic rings. The third-order valence-electron chi connectivity index (χ3n) is 2.94. The van der Waals surface area contributed by atoms with Crippen molar-refractivity contribution in [3.05, 3.63) is 23.8 Å². The van der Waals surface area contributed by atoms with Crippen molar-refractivity contribution in [2.24, 2.45) is 5.92 Å². The van der Waals surface area contributed by atoms with Gasteiger partial charge in [0.05, 0.1) is 0 Å². The van der Waals surface area contributed by atoms with Gasteiger partial charge in [-0.05, 0) is 48.5 Å². The fraction of sp³-hybridized carbons (Fsp3) is 0.533. The molecule has 112 valence electrons. The normalized spacial score (nSPS) is 12.2. The number of aliphatic hydroxyl groups is 1. The van der Waals surface area contributed by atoms with Gasteiger partial charge >= 0.3 is 0 Å². The second kappa shape index (κ2) is 8.87. The Bertz CT molecular complexity index is 438. The predicted octanol–water partition coefficient (Wildman–Crippen LogP) is 2.66. The largest absolute Gasteiger partial charge is 0.399 e.